The van der Waals surface area contributed by atoms with Crippen LogP contribution >= 0.6 is 0 Å². The first kappa shape index (κ1) is 18.0. The van der Waals surface area contributed by atoms with Crippen molar-refractivity contribution in [3.8, 4) is 5.75 Å². The molecular formula is C22H21N3O3. The molecule has 28 heavy (non-hydrogen) atoms. The third-order valence-electron chi connectivity index (χ3n) is 4.74. The quantitative estimate of drug-likeness (QED) is 0.551. The molecule has 2 aromatic heterocycles. The van der Waals surface area contributed by atoms with Crippen LogP contribution in [-0.2, 0) is 11.3 Å². The Morgan fingerprint density at radius 2 is 2.04 bits per heavy atom. The van der Waals surface area contributed by atoms with Gasteiger partial charge in [0.1, 0.15) is 5.75 Å². The van der Waals surface area contributed by atoms with E-state index in [0.29, 0.717) is 17.9 Å². The summed E-state index contributed by atoms with van der Waals surface area (Å²) >= 11 is 0. The molecule has 0 aliphatic rings. The van der Waals surface area contributed by atoms with Gasteiger partial charge in [0.2, 0.25) is 0 Å². The van der Waals surface area contributed by atoms with Crippen LogP contribution in [0.3, 0.4) is 0 Å². The van der Waals surface area contributed by atoms with E-state index < -0.39 is 0 Å². The molecule has 0 aliphatic heterocycles. The number of carbonyl (C=O) groups excluding carboxylic acids is 1. The van der Waals surface area contributed by atoms with Crippen LogP contribution in [0.5, 0.6) is 5.75 Å². The summed E-state index contributed by atoms with van der Waals surface area (Å²) in [6.45, 7) is 1.36. The van der Waals surface area contributed by atoms with Gasteiger partial charge in [-0.2, -0.15) is 0 Å². The lowest BCUT2D eigenvalue weighted by Gasteiger charge is -2.09. The van der Waals surface area contributed by atoms with Crippen LogP contribution < -0.4 is 10.1 Å². The number of pyridine rings is 1. The van der Waals surface area contributed by atoms with E-state index >= 15 is 0 Å². The third-order valence-corrected chi connectivity index (χ3v) is 4.74. The van der Waals surface area contributed by atoms with Crippen molar-refractivity contribution in [3.05, 3.63) is 66.5 Å². The van der Waals surface area contributed by atoms with Crippen LogP contribution in [0.1, 0.15) is 10.4 Å². The van der Waals surface area contributed by atoms with Gasteiger partial charge < -0.3 is 19.4 Å². The molecule has 1 amide bonds. The molecule has 0 bridgehead atoms. The summed E-state index contributed by atoms with van der Waals surface area (Å²) in [6, 6.07) is 15.3. The van der Waals surface area contributed by atoms with Gasteiger partial charge in [0, 0.05) is 47.8 Å². The zero-order valence-corrected chi connectivity index (χ0v) is 15.8. The Hall–Kier alpha value is -3.38. The first-order valence-corrected chi connectivity index (χ1v) is 9.01. The molecule has 0 radical (unpaired) electrons. The highest BCUT2D eigenvalue weighted by Crippen LogP contribution is 2.24. The summed E-state index contributed by atoms with van der Waals surface area (Å²) in [5.74, 6) is 0.589. The van der Waals surface area contributed by atoms with E-state index in [-0.39, 0.29) is 5.91 Å². The number of aromatic nitrogens is 2. The molecule has 0 saturated heterocycles. The molecule has 1 N–H and O–H groups in total. The molecule has 142 valence electrons. The molecule has 6 nitrogen and oxygen atoms in total. The van der Waals surface area contributed by atoms with E-state index in [1.807, 2.05) is 54.7 Å². The van der Waals surface area contributed by atoms with Crippen molar-refractivity contribution in [2.24, 2.45) is 0 Å². The highest BCUT2D eigenvalue weighted by atomic mass is 16.5. The number of benzene rings is 2. The molecule has 0 saturated carbocycles. The van der Waals surface area contributed by atoms with E-state index in [9.17, 15) is 4.79 Å². The molecule has 2 aromatic carbocycles. The normalized spacial score (nSPS) is 11.1. The van der Waals surface area contributed by atoms with Crippen molar-refractivity contribution in [1.29, 1.82) is 0 Å². The first-order valence-electron chi connectivity index (χ1n) is 9.01. The Balaban J connectivity index is 1.61. The highest BCUT2D eigenvalue weighted by Gasteiger charge is 2.13. The topological polar surface area (TPSA) is 65.4 Å². The van der Waals surface area contributed by atoms with Gasteiger partial charge >= 0.3 is 0 Å². The molecule has 4 aromatic rings. The van der Waals surface area contributed by atoms with Crippen LogP contribution in [0.25, 0.3) is 21.8 Å². The number of amides is 1. The van der Waals surface area contributed by atoms with Crippen LogP contribution in [0.15, 0.2) is 60.9 Å². The average molecular weight is 375 g/mol. The lowest BCUT2D eigenvalue weighted by molar-refractivity contribution is 0.102. The predicted octanol–water partition coefficient (Wildman–Crippen LogP) is 4.10. The fourth-order valence-corrected chi connectivity index (χ4v) is 3.30. The second-order valence-electron chi connectivity index (χ2n) is 6.48. The van der Waals surface area contributed by atoms with Gasteiger partial charge in [0.05, 0.1) is 31.1 Å². The monoisotopic (exact) mass is 375 g/mol. The van der Waals surface area contributed by atoms with Crippen molar-refractivity contribution in [2.45, 2.75) is 6.54 Å². The number of fused-ring (bicyclic) bond motifs is 2. The maximum absolute atomic E-state index is 12.9. The summed E-state index contributed by atoms with van der Waals surface area (Å²) in [4.78, 5) is 17.3. The highest BCUT2D eigenvalue weighted by molar-refractivity contribution is 6.12. The molecular weight excluding hydrogens is 354 g/mol. The number of rotatable bonds is 6. The second-order valence-corrected chi connectivity index (χ2v) is 6.48. The minimum Gasteiger partial charge on any atom is -0.497 e. The predicted molar refractivity (Wildman–Crippen MR) is 110 cm³/mol. The molecule has 0 spiro atoms. The number of ether oxygens (including phenoxy) is 2. The lowest BCUT2D eigenvalue weighted by atomic mass is 10.1. The third kappa shape index (κ3) is 3.42. The summed E-state index contributed by atoms with van der Waals surface area (Å²) in [6.07, 6.45) is 3.63. The van der Waals surface area contributed by atoms with E-state index in [1.165, 1.54) is 0 Å². The minimum atomic E-state index is -0.162. The molecule has 0 atom stereocenters. The standard InChI is InChI=1S/C22H21N3O3/c1-27-11-10-25-9-8-18-19(4-3-5-21(18)25)22(26)24-16-12-15-6-7-17(28-2)13-20(15)23-14-16/h3-9,12-14H,10-11H2,1-2H3,(H,24,26). The van der Waals surface area contributed by atoms with Crippen LogP contribution in [0.2, 0.25) is 0 Å². The van der Waals surface area contributed by atoms with Crippen molar-refractivity contribution >= 4 is 33.4 Å². The SMILES string of the molecule is COCCn1ccc2c(C(=O)Nc3cnc4cc(OC)ccc4c3)cccc21. The smallest absolute Gasteiger partial charge is 0.256 e. The summed E-state index contributed by atoms with van der Waals surface area (Å²) in [5.41, 5.74) is 3.10. The van der Waals surface area contributed by atoms with Crippen LogP contribution in [0.4, 0.5) is 5.69 Å². The first-order chi connectivity index (χ1) is 13.7. The van der Waals surface area contributed by atoms with Gasteiger partial charge in [0.15, 0.2) is 0 Å². The fraction of sp³-hybridized carbons (Fsp3) is 0.182. The van der Waals surface area contributed by atoms with Crippen LogP contribution in [0, 0.1) is 0 Å². The van der Waals surface area contributed by atoms with Gasteiger partial charge in [-0.05, 0) is 36.4 Å². The molecule has 6 heteroatoms. The van der Waals surface area contributed by atoms with Crippen molar-refractivity contribution in [2.75, 3.05) is 26.1 Å². The average Bonchev–Trinajstić information content (AvgIpc) is 3.14. The number of hydrogen-bond acceptors (Lipinski definition) is 4. The maximum atomic E-state index is 12.9. The Kier molecular flexibility index (Phi) is 4.95. The number of nitrogens with zero attached hydrogens (tertiary/aromatic N) is 2. The van der Waals surface area contributed by atoms with E-state index in [2.05, 4.69) is 14.9 Å². The van der Waals surface area contributed by atoms with Gasteiger partial charge in [-0.25, -0.2) is 0 Å². The number of hydrogen-bond donors (Lipinski definition) is 1. The Labute approximate surface area is 162 Å². The number of anilines is 1. The molecule has 0 unspecified atom stereocenters. The van der Waals surface area contributed by atoms with Crippen LogP contribution in [-0.4, -0.2) is 36.3 Å². The number of carbonyl (C=O) groups is 1. The zero-order chi connectivity index (χ0) is 19.5. The summed E-state index contributed by atoms with van der Waals surface area (Å²) < 4.78 is 12.5. The van der Waals surface area contributed by atoms with Gasteiger partial charge in [-0.3, -0.25) is 9.78 Å². The molecule has 0 fully saturated rings. The molecule has 4 rings (SSSR count). The lowest BCUT2D eigenvalue weighted by Crippen LogP contribution is -2.12. The number of methoxy groups -OCH3 is 2. The van der Waals surface area contributed by atoms with Crippen molar-refractivity contribution in [1.82, 2.24) is 9.55 Å². The fourth-order valence-electron chi connectivity index (χ4n) is 3.30. The second kappa shape index (κ2) is 7.70. The molecule has 2 heterocycles. The molecule has 0 aliphatic carbocycles. The van der Waals surface area contributed by atoms with Gasteiger partial charge in [-0.15, -0.1) is 0 Å². The minimum absolute atomic E-state index is 0.162. The van der Waals surface area contributed by atoms with Gasteiger partial charge in [0.25, 0.3) is 5.91 Å². The van der Waals surface area contributed by atoms with Crippen molar-refractivity contribution < 1.29 is 14.3 Å². The Morgan fingerprint density at radius 1 is 1.14 bits per heavy atom. The largest absolute Gasteiger partial charge is 0.497 e. The summed E-state index contributed by atoms with van der Waals surface area (Å²) in [7, 11) is 3.30. The van der Waals surface area contributed by atoms with E-state index in [0.717, 1.165) is 34.1 Å². The van der Waals surface area contributed by atoms with E-state index in [4.69, 9.17) is 9.47 Å². The Morgan fingerprint density at radius 3 is 2.86 bits per heavy atom. The zero-order valence-electron chi connectivity index (χ0n) is 15.8. The van der Waals surface area contributed by atoms with Gasteiger partial charge in [-0.1, -0.05) is 6.07 Å². The van der Waals surface area contributed by atoms with E-state index in [1.54, 1.807) is 20.4 Å². The number of nitrogens with one attached hydrogen (secondary N) is 1. The Bertz CT molecular complexity index is 1150. The van der Waals surface area contributed by atoms with Crippen molar-refractivity contribution in [3.63, 3.8) is 0 Å². The summed E-state index contributed by atoms with van der Waals surface area (Å²) in [5, 5.41) is 4.80. The maximum Gasteiger partial charge on any atom is 0.256 e.